The molecule has 0 unspecified atom stereocenters. The van der Waals surface area contributed by atoms with Crippen molar-refractivity contribution in [3.8, 4) is 0 Å². The molecule has 5 heteroatoms. The average Bonchev–Trinajstić information content (AvgIpc) is 2.68. The van der Waals surface area contributed by atoms with E-state index < -0.39 is 5.97 Å². The van der Waals surface area contributed by atoms with Crippen LogP contribution in [0.2, 0.25) is 0 Å². The van der Waals surface area contributed by atoms with Crippen molar-refractivity contribution in [1.29, 1.82) is 0 Å². The van der Waals surface area contributed by atoms with E-state index in [0.717, 1.165) is 12.8 Å². The molecule has 2 rings (SSSR count). The van der Waals surface area contributed by atoms with Crippen LogP contribution in [0.3, 0.4) is 0 Å². The molecule has 58 valence electrons. The molecule has 5 nitrogen and oxygen atoms in total. The fourth-order valence-corrected chi connectivity index (χ4v) is 0.909. The predicted octanol–water partition coefficient (Wildman–Crippen LogP) is 0.380. The number of aromatic amines is 1. The first-order valence-electron chi connectivity index (χ1n) is 3.43. The van der Waals surface area contributed by atoms with Gasteiger partial charge in [0.1, 0.15) is 5.82 Å². The van der Waals surface area contributed by atoms with Crippen molar-refractivity contribution in [2.75, 3.05) is 0 Å². The van der Waals surface area contributed by atoms with Crippen molar-refractivity contribution in [2.45, 2.75) is 18.8 Å². The Morgan fingerprint density at radius 3 is 2.82 bits per heavy atom. The lowest BCUT2D eigenvalue weighted by Crippen LogP contribution is -1.98. The molecule has 1 aromatic heterocycles. The summed E-state index contributed by atoms with van der Waals surface area (Å²) in [7, 11) is 0. The molecule has 1 heterocycles. The predicted molar refractivity (Wildman–Crippen MR) is 35.3 cm³/mol. The number of aromatic carboxylic acids is 1. The number of hydrogen-bond donors (Lipinski definition) is 2. The summed E-state index contributed by atoms with van der Waals surface area (Å²) in [6.45, 7) is 0. The van der Waals surface area contributed by atoms with Gasteiger partial charge in [-0.2, -0.15) is 0 Å². The molecule has 1 aromatic rings. The summed E-state index contributed by atoms with van der Waals surface area (Å²) < 4.78 is 0. The first-order chi connectivity index (χ1) is 5.27. The van der Waals surface area contributed by atoms with Gasteiger partial charge in [0.15, 0.2) is 0 Å². The highest BCUT2D eigenvalue weighted by molar-refractivity contribution is 5.82. The molecule has 0 atom stereocenters. The first kappa shape index (κ1) is 6.33. The Labute approximate surface area is 62.5 Å². The molecule has 0 aliphatic heterocycles. The van der Waals surface area contributed by atoms with E-state index in [2.05, 4.69) is 15.2 Å². The standard InChI is InChI=1S/C6H7N3O2/c10-6(11)5-7-4(8-9-5)3-1-2-3/h3H,1-2H2,(H,10,11)(H,7,8,9). The quantitative estimate of drug-likeness (QED) is 0.643. The van der Waals surface area contributed by atoms with Crippen LogP contribution in [0.1, 0.15) is 35.2 Å². The third-order valence-electron chi connectivity index (χ3n) is 1.66. The topological polar surface area (TPSA) is 78.9 Å². The third kappa shape index (κ3) is 1.09. The zero-order chi connectivity index (χ0) is 7.84. The number of carboxylic acids is 1. The van der Waals surface area contributed by atoms with E-state index in [1.165, 1.54) is 0 Å². The number of nitrogens with zero attached hydrogens (tertiary/aromatic N) is 2. The molecule has 0 amide bonds. The lowest BCUT2D eigenvalue weighted by atomic mass is 10.4. The second-order valence-corrected chi connectivity index (χ2v) is 2.62. The zero-order valence-corrected chi connectivity index (χ0v) is 5.74. The number of carboxylic acid groups (broad SMARTS) is 1. The van der Waals surface area contributed by atoms with Gasteiger partial charge < -0.3 is 5.11 Å². The van der Waals surface area contributed by atoms with Gasteiger partial charge in [-0.05, 0) is 12.8 Å². The highest BCUT2D eigenvalue weighted by atomic mass is 16.4. The smallest absolute Gasteiger partial charge is 0.375 e. The Morgan fingerprint density at radius 2 is 2.36 bits per heavy atom. The van der Waals surface area contributed by atoms with Crippen LogP contribution in [0.25, 0.3) is 0 Å². The number of aromatic nitrogens is 3. The van der Waals surface area contributed by atoms with Crippen LogP contribution in [0.5, 0.6) is 0 Å². The monoisotopic (exact) mass is 153 g/mol. The summed E-state index contributed by atoms with van der Waals surface area (Å²) in [4.78, 5) is 14.1. The van der Waals surface area contributed by atoms with Crippen molar-refractivity contribution >= 4 is 5.97 Å². The highest BCUT2D eigenvalue weighted by Gasteiger charge is 2.27. The van der Waals surface area contributed by atoms with Crippen LogP contribution >= 0.6 is 0 Å². The minimum absolute atomic E-state index is 0.132. The fourth-order valence-electron chi connectivity index (χ4n) is 0.909. The maximum Gasteiger partial charge on any atom is 0.375 e. The summed E-state index contributed by atoms with van der Waals surface area (Å²) >= 11 is 0. The summed E-state index contributed by atoms with van der Waals surface area (Å²) in [6.07, 6.45) is 2.18. The van der Waals surface area contributed by atoms with Gasteiger partial charge in [0.2, 0.25) is 0 Å². The summed E-state index contributed by atoms with van der Waals surface area (Å²) in [5.41, 5.74) is 0. The van der Waals surface area contributed by atoms with Crippen LogP contribution in [-0.2, 0) is 0 Å². The number of hydrogen-bond acceptors (Lipinski definition) is 3. The molecule has 0 aromatic carbocycles. The minimum atomic E-state index is -1.08. The lowest BCUT2D eigenvalue weighted by molar-refractivity contribution is 0.0684. The summed E-state index contributed by atoms with van der Waals surface area (Å²) in [5, 5.41) is 14.6. The van der Waals surface area contributed by atoms with Gasteiger partial charge in [-0.15, -0.1) is 5.10 Å². The van der Waals surface area contributed by atoms with E-state index in [1.54, 1.807) is 0 Å². The molecule has 0 radical (unpaired) electrons. The van der Waals surface area contributed by atoms with Gasteiger partial charge >= 0.3 is 5.97 Å². The van der Waals surface area contributed by atoms with Crippen molar-refractivity contribution in [1.82, 2.24) is 15.2 Å². The van der Waals surface area contributed by atoms with Crippen LogP contribution in [-0.4, -0.2) is 26.3 Å². The average molecular weight is 153 g/mol. The van der Waals surface area contributed by atoms with E-state index in [1.807, 2.05) is 0 Å². The Balaban J connectivity index is 2.25. The van der Waals surface area contributed by atoms with Crippen LogP contribution in [0, 0.1) is 0 Å². The van der Waals surface area contributed by atoms with Gasteiger partial charge in [-0.1, -0.05) is 0 Å². The Morgan fingerprint density at radius 1 is 1.64 bits per heavy atom. The van der Waals surface area contributed by atoms with Crippen LogP contribution in [0.4, 0.5) is 0 Å². The normalized spacial score (nSPS) is 16.7. The van der Waals surface area contributed by atoms with Gasteiger partial charge in [0, 0.05) is 5.92 Å². The Hall–Kier alpha value is -1.39. The number of nitrogens with one attached hydrogen (secondary N) is 1. The Kier molecular flexibility index (Phi) is 1.18. The molecular weight excluding hydrogens is 146 g/mol. The van der Waals surface area contributed by atoms with Crippen LogP contribution in [0.15, 0.2) is 0 Å². The molecule has 1 saturated carbocycles. The molecule has 1 fully saturated rings. The van der Waals surface area contributed by atoms with Crippen molar-refractivity contribution < 1.29 is 9.90 Å². The molecular formula is C6H7N3O2. The Bertz CT molecular complexity index is 290. The zero-order valence-electron chi connectivity index (χ0n) is 5.74. The molecule has 0 saturated heterocycles. The second kappa shape index (κ2) is 2.05. The molecule has 1 aliphatic rings. The molecule has 11 heavy (non-hydrogen) atoms. The van der Waals surface area contributed by atoms with Crippen molar-refractivity contribution in [3.05, 3.63) is 11.6 Å². The first-order valence-corrected chi connectivity index (χ1v) is 3.43. The van der Waals surface area contributed by atoms with Gasteiger partial charge in [0.25, 0.3) is 5.82 Å². The highest BCUT2D eigenvalue weighted by Crippen LogP contribution is 2.37. The van der Waals surface area contributed by atoms with E-state index in [0.29, 0.717) is 11.7 Å². The second-order valence-electron chi connectivity index (χ2n) is 2.62. The number of H-pyrrole nitrogens is 1. The SMILES string of the molecule is O=C(O)c1n[nH]c(C2CC2)n1. The maximum atomic E-state index is 10.3. The molecule has 0 bridgehead atoms. The fraction of sp³-hybridized carbons (Fsp3) is 0.500. The lowest BCUT2D eigenvalue weighted by Gasteiger charge is -1.82. The number of carbonyl (C=O) groups is 1. The largest absolute Gasteiger partial charge is 0.475 e. The van der Waals surface area contributed by atoms with Crippen LogP contribution < -0.4 is 0 Å². The van der Waals surface area contributed by atoms with Gasteiger partial charge in [-0.3, -0.25) is 5.10 Å². The third-order valence-corrected chi connectivity index (χ3v) is 1.66. The number of rotatable bonds is 2. The molecule has 0 spiro atoms. The van der Waals surface area contributed by atoms with E-state index in [4.69, 9.17) is 5.11 Å². The molecule has 2 N–H and O–H groups in total. The van der Waals surface area contributed by atoms with Gasteiger partial charge in [0.05, 0.1) is 0 Å². The maximum absolute atomic E-state index is 10.3. The molecule has 1 aliphatic carbocycles. The van der Waals surface area contributed by atoms with E-state index >= 15 is 0 Å². The van der Waals surface area contributed by atoms with Crippen molar-refractivity contribution in [3.63, 3.8) is 0 Å². The van der Waals surface area contributed by atoms with E-state index in [-0.39, 0.29) is 5.82 Å². The van der Waals surface area contributed by atoms with Gasteiger partial charge in [-0.25, -0.2) is 9.78 Å². The van der Waals surface area contributed by atoms with E-state index in [9.17, 15) is 4.79 Å². The summed E-state index contributed by atoms with van der Waals surface area (Å²) in [6, 6.07) is 0. The summed E-state index contributed by atoms with van der Waals surface area (Å²) in [5.74, 6) is -0.0712. The minimum Gasteiger partial charge on any atom is -0.475 e. The van der Waals surface area contributed by atoms with Crippen molar-refractivity contribution in [2.24, 2.45) is 0 Å².